The lowest BCUT2D eigenvalue weighted by Crippen LogP contribution is -2.24. The summed E-state index contributed by atoms with van der Waals surface area (Å²) in [6.07, 6.45) is 1.31. The molecule has 0 aromatic rings. The molecular formula is C10H16O3. The fraction of sp³-hybridized carbons (Fsp3) is 0.900. The van der Waals surface area contributed by atoms with Gasteiger partial charge in [-0.15, -0.1) is 0 Å². The molecule has 0 amide bonds. The smallest absolute Gasteiger partial charge is 0.167 e. The first-order valence-corrected chi connectivity index (χ1v) is 4.84. The van der Waals surface area contributed by atoms with Crippen LogP contribution in [-0.4, -0.2) is 25.3 Å². The van der Waals surface area contributed by atoms with Crippen LogP contribution in [0.5, 0.6) is 0 Å². The van der Waals surface area contributed by atoms with Crippen LogP contribution in [-0.2, 0) is 14.3 Å². The van der Waals surface area contributed by atoms with Crippen molar-refractivity contribution in [3.05, 3.63) is 0 Å². The maximum absolute atomic E-state index is 11.6. The van der Waals surface area contributed by atoms with E-state index in [2.05, 4.69) is 13.8 Å². The van der Waals surface area contributed by atoms with Gasteiger partial charge in [-0.3, -0.25) is 4.79 Å². The van der Waals surface area contributed by atoms with Crippen molar-refractivity contribution in [3.8, 4) is 0 Å². The van der Waals surface area contributed by atoms with Crippen molar-refractivity contribution in [2.75, 3.05) is 13.2 Å². The van der Waals surface area contributed by atoms with E-state index < -0.39 is 0 Å². The minimum Gasteiger partial charge on any atom is -0.349 e. The number of rotatable bonds is 1. The SMILES string of the molecule is CC1(C)CC(=O)C(C2OCCO2)C1. The Morgan fingerprint density at radius 2 is 1.92 bits per heavy atom. The van der Waals surface area contributed by atoms with Crippen LogP contribution in [0.2, 0.25) is 0 Å². The summed E-state index contributed by atoms with van der Waals surface area (Å²) in [5, 5.41) is 0. The molecule has 0 aromatic heterocycles. The Morgan fingerprint density at radius 3 is 2.38 bits per heavy atom. The minimum absolute atomic E-state index is 0.0162. The number of carbonyl (C=O) groups excluding carboxylic acids is 1. The zero-order valence-corrected chi connectivity index (χ0v) is 8.21. The van der Waals surface area contributed by atoms with E-state index in [1.807, 2.05) is 0 Å². The second-order valence-corrected chi connectivity index (χ2v) is 4.73. The topological polar surface area (TPSA) is 35.5 Å². The summed E-state index contributed by atoms with van der Waals surface area (Å²) < 4.78 is 10.7. The molecule has 0 bridgehead atoms. The molecule has 1 atom stereocenters. The van der Waals surface area contributed by atoms with Crippen LogP contribution < -0.4 is 0 Å². The van der Waals surface area contributed by atoms with Gasteiger partial charge in [0.05, 0.1) is 19.1 Å². The lowest BCUT2D eigenvalue weighted by molar-refractivity contribution is -0.135. The Balaban J connectivity index is 2.04. The molecule has 3 nitrogen and oxygen atoms in total. The fourth-order valence-electron chi connectivity index (χ4n) is 2.24. The normalized spacial score (nSPS) is 34.3. The van der Waals surface area contributed by atoms with Crippen LogP contribution in [0.3, 0.4) is 0 Å². The molecule has 0 spiro atoms. The first-order chi connectivity index (χ1) is 6.08. The van der Waals surface area contributed by atoms with Crippen LogP contribution in [0, 0.1) is 11.3 Å². The number of hydrogen-bond donors (Lipinski definition) is 0. The van der Waals surface area contributed by atoms with Gasteiger partial charge in [-0.05, 0) is 11.8 Å². The Morgan fingerprint density at radius 1 is 1.31 bits per heavy atom. The van der Waals surface area contributed by atoms with E-state index >= 15 is 0 Å². The van der Waals surface area contributed by atoms with Gasteiger partial charge >= 0.3 is 0 Å². The predicted octanol–water partition coefficient (Wildman–Crippen LogP) is 1.36. The largest absolute Gasteiger partial charge is 0.349 e. The van der Waals surface area contributed by atoms with Gasteiger partial charge in [-0.2, -0.15) is 0 Å². The van der Waals surface area contributed by atoms with E-state index in [9.17, 15) is 4.79 Å². The number of ether oxygens (including phenoxy) is 2. The highest BCUT2D eigenvalue weighted by Crippen LogP contribution is 2.41. The van der Waals surface area contributed by atoms with Gasteiger partial charge in [0.2, 0.25) is 0 Å². The Labute approximate surface area is 78.4 Å². The van der Waals surface area contributed by atoms with E-state index in [1.54, 1.807) is 0 Å². The summed E-state index contributed by atoms with van der Waals surface area (Å²) in [5.41, 5.74) is 0.136. The van der Waals surface area contributed by atoms with Crippen LogP contribution in [0.15, 0.2) is 0 Å². The lowest BCUT2D eigenvalue weighted by Gasteiger charge is -2.18. The van der Waals surface area contributed by atoms with Crippen LogP contribution in [0.4, 0.5) is 0 Å². The average molecular weight is 184 g/mol. The molecule has 1 aliphatic heterocycles. The summed E-state index contributed by atoms with van der Waals surface area (Å²) >= 11 is 0. The number of ketones is 1. The summed E-state index contributed by atoms with van der Waals surface area (Å²) in [7, 11) is 0. The summed E-state index contributed by atoms with van der Waals surface area (Å²) in [6.45, 7) is 5.52. The lowest BCUT2D eigenvalue weighted by atomic mass is 9.90. The van der Waals surface area contributed by atoms with Crippen LogP contribution in [0.25, 0.3) is 0 Å². The molecule has 0 aromatic carbocycles. The zero-order valence-electron chi connectivity index (χ0n) is 8.21. The van der Waals surface area contributed by atoms with Gasteiger partial charge < -0.3 is 9.47 Å². The van der Waals surface area contributed by atoms with Crippen molar-refractivity contribution in [2.45, 2.75) is 33.0 Å². The molecule has 3 heteroatoms. The summed E-state index contributed by atoms with van der Waals surface area (Å²) in [5.74, 6) is 0.286. The van der Waals surface area contributed by atoms with Gasteiger partial charge in [0.15, 0.2) is 6.29 Å². The number of hydrogen-bond acceptors (Lipinski definition) is 3. The standard InChI is InChI=1S/C10H16O3/c1-10(2)5-7(8(11)6-10)9-12-3-4-13-9/h7,9H,3-6H2,1-2H3. The van der Waals surface area contributed by atoms with E-state index in [1.165, 1.54) is 0 Å². The maximum atomic E-state index is 11.6. The van der Waals surface area contributed by atoms with E-state index in [0.717, 1.165) is 6.42 Å². The second kappa shape index (κ2) is 3.07. The maximum Gasteiger partial charge on any atom is 0.167 e. The van der Waals surface area contributed by atoms with Crippen molar-refractivity contribution < 1.29 is 14.3 Å². The average Bonchev–Trinajstić information content (AvgIpc) is 2.56. The predicted molar refractivity (Wildman–Crippen MR) is 47.2 cm³/mol. The number of carbonyl (C=O) groups is 1. The third-order valence-electron chi connectivity index (χ3n) is 2.81. The Kier molecular flexibility index (Phi) is 2.16. The monoisotopic (exact) mass is 184 g/mol. The molecule has 2 aliphatic rings. The second-order valence-electron chi connectivity index (χ2n) is 4.73. The molecule has 1 unspecified atom stereocenters. The fourth-order valence-corrected chi connectivity index (χ4v) is 2.24. The Hall–Kier alpha value is -0.410. The van der Waals surface area contributed by atoms with E-state index in [-0.39, 0.29) is 17.6 Å². The van der Waals surface area contributed by atoms with Gasteiger partial charge in [-0.1, -0.05) is 13.8 Å². The van der Waals surface area contributed by atoms with Crippen molar-refractivity contribution in [2.24, 2.45) is 11.3 Å². The molecule has 2 fully saturated rings. The molecule has 13 heavy (non-hydrogen) atoms. The van der Waals surface area contributed by atoms with Crippen molar-refractivity contribution in [3.63, 3.8) is 0 Å². The molecule has 1 saturated heterocycles. The highest BCUT2D eigenvalue weighted by Gasteiger charge is 2.44. The highest BCUT2D eigenvalue weighted by molar-refractivity contribution is 5.84. The first-order valence-electron chi connectivity index (χ1n) is 4.84. The quantitative estimate of drug-likeness (QED) is 0.617. The van der Waals surface area contributed by atoms with Gasteiger partial charge in [0, 0.05) is 6.42 Å². The van der Waals surface area contributed by atoms with Crippen molar-refractivity contribution in [1.29, 1.82) is 0 Å². The van der Waals surface area contributed by atoms with Gasteiger partial charge in [-0.25, -0.2) is 0 Å². The molecule has 74 valence electrons. The molecule has 1 aliphatic carbocycles. The highest BCUT2D eigenvalue weighted by atomic mass is 16.7. The van der Waals surface area contributed by atoms with Crippen LogP contribution in [0.1, 0.15) is 26.7 Å². The van der Waals surface area contributed by atoms with E-state index in [4.69, 9.17) is 9.47 Å². The summed E-state index contributed by atoms with van der Waals surface area (Å²) in [4.78, 5) is 11.6. The van der Waals surface area contributed by atoms with Gasteiger partial charge in [0.25, 0.3) is 0 Å². The molecule has 0 radical (unpaired) electrons. The molecule has 0 N–H and O–H groups in total. The summed E-state index contributed by atoms with van der Waals surface area (Å²) in [6, 6.07) is 0. The van der Waals surface area contributed by atoms with Crippen molar-refractivity contribution in [1.82, 2.24) is 0 Å². The third kappa shape index (κ3) is 1.76. The minimum atomic E-state index is -0.255. The van der Waals surface area contributed by atoms with Gasteiger partial charge in [0.1, 0.15) is 5.78 Å². The molecular weight excluding hydrogens is 168 g/mol. The third-order valence-corrected chi connectivity index (χ3v) is 2.81. The van der Waals surface area contributed by atoms with Crippen molar-refractivity contribution >= 4 is 5.78 Å². The molecule has 2 rings (SSSR count). The molecule has 1 heterocycles. The Bertz CT molecular complexity index is 216. The van der Waals surface area contributed by atoms with E-state index in [0.29, 0.717) is 25.4 Å². The molecule has 1 saturated carbocycles. The zero-order chi connectivity index (χ0) is 9.47. The van der Waals surface area contributed by atoms with Crippen LogP contribution >= 0.6 is 0 Å². The first kappa shape index (κ1) is 9.16. The number of Topliss-reactive ketones (excluding diaryl/α,β-unsaturated/α-hetero) is 1.